The highest BCUT2D eigenvalue weighted by Gasteiger charge is 2.42. The van der Waals surface area contributed by atoms with Crippen molar-refractivity contribution in [2.75, 3.05) is 36.1 Å². The van der Waals surface area contributed by atoms with Crippen LogP contribution >= 0.6 is 0 Å². The molecule has 0 aromatic carbocycles. The number of morpholine rings is 1. The fourth-order valence-electron chi connectivity index (χ4n) is 3.53. The standard InChI is InChI=1S/C16H21N5O5S/c1-11(22)19-27(25)7-3-16(4-8-27)10-21(5-6-26-16)13-12(9-17)14(23)20(2)15(24)18-13/h3-8,10H2,1-2H3,(H,18,24). The molecule has 10 nitrogen and oxygen atoms in total. The zero-order valence-corrected chi connectivity index (χ0v) is 16.0. The number of aromatic amines is 1. The van der Waals surface area contributed by atoms with Crippen LogP contribution in [0.15, 0.2) is 14.0 Å². The van der Waals surface area contributed by atoms with E-state index in [0.29, 0.717) is 32.5 Å². The summed E-state index contributed by atoms with van der Waals surface area (Å²) in [6, 6.07) is 1.87. The summed E-state index contributed by atoms with van der Waals surface area (Å²) in [4.78, 5) is 39.8. The second-order valence-electron chi connectivity index (χ2n) is 6.87. The molecule has 2 aliphatic rings. The SMILES string of the molecule is CC(=O)N=S1(=O)CCC2(CC1)CN(c1[nH]c(=O)n(C)c(=O)c1C#N)CCO2. The van der Waals surface area contributed by atoms with E-state index in [2.05, 4.69) is 9.35 Å². The molecule has 2 saturated heterocycles. The van der Waals surface area contributed by atoms with Crippen molar-refractivity contribution in [3.05, 3.63) is 26.4 Å². The largest absolute Gasteiger partial charge is 0.371 e. The summed E-state index contributed by atoms with van der Waals surface area (Å²) in [5.74, 6) is 0.239. The van der Waals surface area contributed by atoms with E-state index in [0.717, 1.165) is 4.57 Å². The fraction of sp³-hybridized carbons (Fsp3) is 0.625. The monoisotopic (exact) mass is 395 g/mol. The Morgan fingerprint density at radius 1 is 1.37 bits per heavy atom. The highest BCUT2D eigenvalue weighted by molar-refractivity contribution is 7.93. The first kappa shape index (κ1) is 19.3. The first-order valence-corrected chi connectivity index (χ1v) is 10.4. The molecule has 1 N–H and O–H groups in total. The number of ether oxygens (including phenoxy) is 1. The molecule has 0 unspecified atom stereocenters. The van der Waals surface area contributed by atoms with Gasteiger partial charge in [-0.05, 0) is 12.8 Å². The second-order valence-corrected chi connectivity index (χ2v) is 9.42. The lowest BCUT2D eigenvalue weighted by molar-refractivity contribution is -0.115. The Kier molecular flexibility index (Phi) is 4.96. The van der Waals surface area contributed by atoms with Gasteiger partial charge in [0.05, 0.1) is 21.9 Å². The third-order valence-corrected chi connectivity index (χ3v) is 7.28. The number of nitriles is 1. The Morgan fingerprint density at radius 2 is 2.04 bits per heavy atom. The minimum absolute atomic E-state index is 0.125. The normalized spacial score (nSPS) is 28.0. The molecule has 27 heavy (non-hydrogen) atoms. The summed E-state index contributed by atoms with van der Waals surface area (Å²) in [5, 5.41) is 9.37. The number of carbonyl (C=O) groups is 1. The van der Waals surface area contributed by atoms with Gasteiger partial charge in [-0.3, -0.25) is 19.1 Å². The molecule has 0 saturated carbocycles. The quantitative estimate of drug-likeness (QED) is 0.665. The molecule has 0 aliphatic carbocycles. The van der Waals surface area contributed by atoms with Gasteiger partial charge in [-0.15, -0.1) is 0 Å². The molecular weight excluding hydrogens is 374 g/mol. The highest BCUT2D eigenvalue weighted by Crippen LogP contribution is 2.33. The van der Waals surface area contributed by atoms with E-state index < -0.39 is 32.5 Å². The number of carbonyl (C=O) groups excluding carboxylic acids is 1. The van der Waals surface area contributed by atoms with Crippen LogP contribution in [0.1, 0.15) is 25.3 Å². The predicted molar refractivity (Wildman–Crippen MR) is 98.1 cm³/mol. The van der Waals surface area contributed by atoms with Gasteiger partial charge in [0, 0.05) is 38.6 Å². The van der Waals surface area contributed by atoms with Crippen LogP contribution < -0.4 is 16.1 Å². The number of nitrogens with one attached hydrogen (secondary N) is 1. The first-order chi connectivity index (χ1) is 12.7. The van der Waals surface area contributed by atoms with Crippen LogP contribution in [0.4, 0.5) is 5.82 Å². The molecule has 1 amide bonds. The number of anilines is 1. The maximum absolute atomic E-state index is 12.6. The molecule has 1 aromatic heterocycles. The van der Waals surface area contributed by atoms with Gasteiger partial charge >= 0.3 is 5.69 Å². The predicted octanol–water partition coefficient (Wildman–Crippen LogP) is -0.671. The zero-order chi connectivity index (χ0) is 19.8. The Labute approximate surface area is 155 Å². The summed E-state index contributed by atoms with van der Waals surface area (Å²) in [7, 11) is -1.26. The lowest BCUT2D eigenvalue weighted by Crippen LogP contribution is -2.56. The number of nitrogens with zero attached hydrogens (tertiary/aromatic N) is 4. The van der Waals surface area contributed by atoms with Gasteiger partial charge in [0.15, 0.2) is 5.56 Å². The van der Waals surface area contributed by atoms with Crippen LogP contribution in [0, 0.1) is 11.3 Å². The van der Waals surface area contributed by atoms with Gasteiger partial charge in [-0.2, -0.15) is 9.62 Å². The topological polar surface area (TPSA) is 138 Å². The van der Waals surface area contributed by atoms with Crippen LogP contribution in [0.25, 0.3) is 0 Å². The minimum Gasteiger partial charge on any atom is -0.371 e. The van der Waals surface area contributed by atoms with E-state index in [-0.39, 0.29) is 22.9 Å². The molecule has 2 fully saturated rings. The zero-order valence-electron chi connectivity index (χ0n) is 15.2. The van der Waals surface area contributed by atoms with E-state index in [1.807, 2.05) is 6.07 Å². The number of amides is 1. The van der Waals surface area contributed by atoms with Crippen molar-refractivity contribution in [1.29, 1.82) is 5.26 Å². The van der Waals surface area contributed by atoms with Gasteiger partial charge in [0.1, 0.15) is 11.9 Å². The molecule has 3 rings (SSSR count). The molecule has 2 aliphatic heterocycles. The third kappa shape index (κ3) is 3.68. The van der Waals surface area contributed by atoms with Crippen molar-refractivity contribution in [2.45, 2.75) is 25.4 Å². The molecule has 11 heteroatoms. The number of H-pyrrole nitrogens is 1. The molecule has 1 aromatic rings. The van der Waals surface area contributed by atoms with Gasteiger partial charge in [0.25, 0.3) is 11.5 Å². The lowest BCUT2D eigenvalue weighted by atomic mass is 9.94. The molecule has 0 bridgehead atoms. The highest BCUT2D eigenvalue weighted by atomic mass is 32.2. The van der Waals surface area contributed by atoms with Gasteiger partial charge in [-0.25, -0.2) is 9.00 Å². The fourth-order valence-corrected chi connectivity index (χ4v) is 5.77. The third-order valence-electron chi connectivity index (χ3n) is 5.01. The van der Waals surface area contributed by atoms with Crippen LogP contribution in [-0.2, 0) is 26.3 Å². The number of hydrogen-bond donors (Lipinski definition) is 1. The lowest BCUT2D eigenvalue weighted by Gasteiger charge is -2.45. The Bertz CT molecular complexity index is 1040. The molecule has 1 spiro atoms. The van der Waals surface area contributed by atoms with Gasteiger partial charge in [-0.1, -0.05) is 0 Å². The Hall–Kier alpha value is -2.45. The summed E-state index contributed by atoms with van der Waals surface area (Å²) < 4.78 is 23.2. The Morgan fingerprint density at radius 3 is 2.63 bits per heavy atom. The van der Waals surface area contributed by atoms with Crippen LogP contribution in [0.2, 0.25) is 0 Å². The molecule has 146 valence electrons. The van der Waals surface area contributed by atoms with Gasteiger partial charge < -0.3 is 9.64 Å². The second kappa shape index (κ2) is 6.94. The number of rotatable bonds is 1. The van der Waals surface area contributed by atoms with Crippen LogP contribution in [0.5, 0.6) is 0 Å². The van der Waals surface area contributed by atoms with E-state index in [4.69, 9.17) is 4.74 Å². The van der Waals surface area contributed by atoms with Crippen molar-refractivity contribution < 1.29 is 13.7 Å². The minimum atomic E-state index is -2.57. The molecule has 3 heterocycles. The van der Waals surface area contributed by atoms with E-state index in [1.54, 1.807) is 4.90 Å². The van der Waals surface area contributed by atoms with E-state index >= 15 is 0 Å². The van der Waals surface area contributed by atoms with Crippen molar-refractivity contribution in [2.24, 2.45) is 11.4 Å². The van der Waals surface area contributed by atoms with Crippen molar-refractivity contribution in [3.8, 4) is 6.07 Å². The van der Waals surface area contributed by atoms with Crippen molar-refractivity contribution in [3.63, 3.8) is 0 Å². The van der Waals surface area contributed by atoms with Crippen LogP contribution in [0.3, 0.4) is 0 Å². The van der Waals surface area contributed by atoms with Crippen LogP contribution in [-0.4, -0.2) is 56.5 Å². The maximum atomic E-state index is 12.6. The first-order valence-electron chi connectivity index (χ1n) is 8.54. The molecule has 0 atom stereocenters. The number of aromatic nitrogens is 2. The maximum Gasteiger partial charge on any atom is 0.329 e. The summed E-state index contributed by atoms with van der Waals surface area (Å²) in [6.07, 6.45) is 0.881. The summed E-state index contributed by atoms with van der Waals surface area (Å²) in [5.41, 5.74) is -1.98. The van der Waals surface area contributed by atoms with Crippen molar-refractivity contribution in [1.82, 2.24) is 9.55 Å². The van der Waals surface area contributed by atoms with E-state index in [9.17, 15) is 23.9 Å². The summed E-state index contributed by atoms with van der Waals surface area (Å²) >= 11 is 0. The smallest absolute Gasteiger partial charge is 0.329 e. The van der Waals surface area contributed by atoms with E-state index in [1.165, 1.54) is 14.0 Å². The summed E-state index contributed by atoms with van der Waals surface area (Å²) in [6.45, 7) is 2.38. The average Bonchev–Trinajstić information content (AvgIpc) is 2.62. The Balaban J connectivity index is 1.90. The van der Waals surface area contributed by atoms with Gasteiger partial charge in [0.2, 0.25) is 0 Å². The molecular formula is C16H21N5O5S. The molecule has 0 radical (unpaired) electrons. The average molecular weight is 395 g/mol. The van der Waals surface area contributed by atoms with Crippen molar-refractivity contribution >= 4 is 21.5 Å². The number of hydrogen-bond acceptors (Lipinski definition) is 7.